The van der Waals surface area contributed by atoms with Gasteiger partial charge in [0, 0.05) is 6.54 Å². The Labute approximate surface area is 169 Å². The van der Waals surface area contributed by atoms with Gasteiger partial charge in [-0.05, 0) is 43.7 Å². The summed E-state index contributed by atoms with van der Waals surface area (Å²) in [5.74, 6) is -1.46. The summed E-state index contributed by atoms with van der Waals surface area (Å²) in [6, 6.07) is 13.8. The van der Waals surface area contributed by atoms with Gasteiger partial charge in [-0.25, -0.2) is 17.9 Å². The van der Waals surface area contributed by atoms with Crippen LogP contribution >= 0.6 is 0 Å². The number of esters is 1. The number of para-hydroxylation sites is 1. The van der Waals surface area contributed by atoms with Gasteiger partial charge >= 0.3 is 5.97 Å². The zero-order chi connectivity index (χ0) is 21.4. The third-order valence-electron chi connectivity index (χ3n) is 3.88. The predicted octanol–water partition coefficient (Wildman–Crippen LogP) is 2.43. The van der Waals surface area contributed by atoms with E-state index < -0.39 is 28.0 Å². The van der Waals surface area contributed by atoms with Crippen LogP contribution in [-0.2, 0) is 19.6 Å². The van der Waals surface area contributed by atoms with Gasteiger partial charge in [0.05, 0.1) is 21.7 Å². The molecule has 0 aliphatic carbocycles. The molecule has 1 amide bonds. The monoisotopic (exact) mass is 415 g/mol. The fraction of sp³-hybridized carbons (Fsp3) is 0.250. The largest absolute Gasteiger partial charge is 0.449 e. The van der Waals surface area contributed by atoms with Crippen LogP contribution in [0.3, 0.4) is 0 Å². The average Bonchev–Trinajstić information content (AvgIpc) is 2.72. The number of anilines is 1. The van der Waals surface area contributed by atoms with E-state index in [1.54, 1.807) is 24.3 Å². The zero-order valence-electron chi connectivity index (χ0n) is 16.0. The summed E-state index contributed by atoms with van der Waals surface area (Å²) >= 11 is 0. The Bertz CT molecular complexity index is 1040. The summed E-state index contributed by atoms with van der Waals surface area (Å²) in [6.07, 6.45) is -0.532. The van der Waals surface area contributed by atoms with Crippen LogP contribution in [-0.4, -0.2) is 32.9 Å². The molecule has 2 rings (SSSR count). The van der Waals surface area contributed by atoms with Crippen LogP contribution in [0.1, 0.15) is 36.2 Å². The first-order valence-electron chi connectivity index (χ1n) is 8.89. The highest BCUT2D eigenvalue weighted by Gasteiger charge is 2.21. The highest BCUT2D eigenvalue weighted by Crippen LogP contribution is 2.16. The van der Waals surface area contributed by atoms with Gasteiger partial charge in [-0.3, -0.25) is 4.79 Å². The predicted molar refractivity (Wildman–Crippen MR) is 107 cm³/mol. The molecule has 152 valence electrons. The van der Waals surface area contributed by atoms with Crippen LogP contribution in [0.15, 0.2) is 53.4 Å². The molecule has 0 aromatic heterocycles. The maximum atomic E-state index is 12.4. The molecule has 0 unspecified atom stereocenters. The Morgan fingerprint density at radius 3 is 2.59 bits per heavy atom. The molecule has 2 aromatic rings. The number of nitriles is 1. The Morgan fingerprint density at radius 1 is 1.17 bits per heavy atom. The number of nitrogens with zero attached hydrogens (tertiary/aromatic N) is 1. The second-order valence-corrected chi connectivity index (χ2v) is 7.89. The first-order chi connectivity index (χ1) is 13.8. The van der Waals surface area contributed by atoms with Gasteiger partial charge in [0.2, 0.25) is 10.0 Å². The second kappa shape index (κ2) is 9.82. The van der Waals surface area contributed by atoms with Crippen LogP contribution in [0.4, 0.5) is 5.69 Å². The number of benzene rings is 2. The minimum absolute atomic E-state index is 0.00134. The average molecular weight is 415 g/mol. The van der Waals surface area contributed by atoms with E-state index in [4.69, 9.17) is 10.00 Å². The molecular formula is C20H21N3O5S. The van der Waals surface area contributed by atoms with E-state index in [2.05, 4.69) is 10.0 Å². The first-order valence-corrected chi connectivity index (χ1v) is 10.4. The fourth-order valence-corrected chi connectivity index (χ4v) is 3.50. The lowest BCUT2D eigenvalue weighted by Gasteiger charge is -2.14. The van der Waals surface area contributed by atoms with E-state index >= 15 is 0 Å². The van der Waals surface area contributed by atoms with Crippen molar-refractivity contribution >= 4 is 27.6 Å². The highest BCUT2D eigenvalue weighted by atomic mass is 32.2. The van der Waals surface area contributed by atoms with Gasteiger partial charge in [0.15, 0.2) is 6.10 Å². The molecule has 29 heavy (non-hydrogen) atoms. The van der Waals surface area contributed by atoms with Crippen molar-refractivity contribution < 1.29 is 22.7 Å². The fourth-order valence-electron chi connectivity index (χ4n) is 2.32. The number of ether oxygens (including phenoxy) is 1. The highest BCUT2D eigenvalue weighted by molar-refractivity contribution is 7.89. The topological polar surface area (TPSA) is 125 Å². The summed E-state index contributed by atoms with van der Waals surface area (Å²) in [7, 11) is -3.74. The molecule has 0 aliphatic heterocycles. The lowest BCUT2D eigenvalue weighted by molar-refractivity contribution is -0.123. The molecule has 0 saturated heterocycles. The molecule has 0 radical (unpaired) electrons. The van der Waals surface area contributed by atoms with E-state index in [-0.39, 0.29) is 22.6 Å². The molecule has 1 atom stereocenters. The van der Waals surface area contributed by atoms with Gasteiger partial charge in [-0.15, -0.1) is 0 Å². The minimum Gasteiger partial charge on any atom is -0.449 e. The van der Waals surface area contributed by atoms with Crippen LogP contribution in [0.2, 0.25) is 0 Å². The van der Waals surface area contributed by atoms with Gasteiger partial charge in [0.25, 0.3) is 5.91 Å². The number of carbonyl (C=O) groups excluding carboxylic acids is 2. The summed E-state index contributed by atoms with van der Waals surface area (Å²) < 4.78 is 32.0. The molecule has 0 heterocycles. The van der Waals surface area contributed by atoms with Crippen molar-refractivity contribution in [1.82, 2.24) is 4.72 Å². The van der Waals surface area contributed by atoms with Crippen LogP contribution in [0, 0.1) is 11.3 Å². The van der Waals surface area contributed by atoms with E-state index in [0.717, 1.165) is 0 Å². The molecule has 8 nitrogen and oxygen atoms in total. The Kier molecular flexibility index (Phi) is 7.47. The molecular weight excluding hydrogens is 394 g/mol. The van der Waals surface area contributed by atoms with Crippen molar-refractivity contribution in [2.75, 3.05) is 11.9 Å². The number of amides is 1. The Balaban J connectivity index is 2.09. The SMILES string of the molecule is CCCNS(=O)(=O)c1cccc(C(=O)O[C@H](C)C(=O)Nc2ccccc2C#N)c1. The van der Waals surface area contributed by atoms with Crippen molar-refractivity contribution in [2.45, 2.75) is 31.3 Å². The van der Waals surface area contributed by atoms with E-state index in [9.17, 15) is 18.0 Å². The summed E-state index contributed by atoms with van der Waals surface area (Å²) in [6.45, 7) is 3.49. The van der Waals surface area contributed by atoms with Crippen LogP contribution < -0.4 is 10.0 Å². The second-order valence-electron chi connectivity index (χ2n) is 6.12. The quantitative estimate of drug-likeness (QED) is 0.638. The van der Waals surface area contributed by atoms with Crippen molar-refractivity contribution in [3.8, 4) is 6.07 Å². The number of hydrogen-bond acceptors (Lipinski definition) is 6. The summed E-state index contributed by atoms with van der Waals surface area (Å²) in [4.78, 5) is 24.6. The molecule has 0 spiro atoms. The van der Waals surface area contributed by atoms with Gasteiger partial charge in [0.1, 0.15) is 6.07 Å². The lowest BCUT2D eigenvalue weighted by Crippen LogP contribution is -2.30. The molecule has 2 N–H and O–H groups in total. The minimum atomic E-state index is -3.74. The first kappa shape index (κ1) is 22.1. The summed E-state index contributed by atoms with van der Waals surface area (Å²) in [5.41, 5.74) is 0.580. The number of sulfonamides is 1. The molecule has 0 saturated carbocycles. The van der Waals surface area contributed by atoms with Crippen molar-refractivity contribution in [3.63, 3.8) is 0 Å². The standard InChI is InChI=1S/C20H21N3O5S/c1-3-11-22-29(26,27)17-9-6-8-15(12-17)20(25)28-14(2)19(24)23-18-10-5-4-7-16(18)13-21/h4-10,12,14,22H,3,11H2,1-2H3,(H,23,24)/t14-/m1/s1. The maximum Gasteiger partial charge on any atom is 0.338 e. The molecule has 0 bridgehead atoms. The van der Waals surface area contributed by atoms with Crippen LogP contribution in [0.25, 0.3) is 0 Å². The van der Waals surface area contributed by atoms with Crippen molar-refractivity contribution in [2.24, 2.45) is 0 Å². The molecule has 9 heteroatoms. The van der Waals surface area contributed by atoms with E-state index in [1.807, 2.05) is 13.0 Å². The number of hydrogen-bond donors (Lipinski definition) is 2. The Morgan fingerprint density at radius 2 is 1.90 bits per heavy atom. The third kappa shape index (κ3) is 5.88. The maximum absolute atomic E-state index is 12.4. The van der Waals surface area contributed by atoms with Gasteiger partial charge in [-0.2, -0.15) is 5.26 Å². The van der Waals surface area contributed by atoms with Crippen molar-refractivity contribution in [1.29, 1.82) is 5.26 Å². The van der Waals surface area contributed by atoms with E-state index in [1.165, 1.54) is 31.2 Å². The molecule has 0 aliphatic rings. The summed E-state index contributed by atoms with van der Waals surface area (Å²) in [5, 5.41) is 11.6. The smallest absolute Gasteiger partial charge is 0.338 e. The Hall–Kier alpha value is -3.22. The number of rotatable bonds is 8. The van der Waals surface area contributed by atoms with Crippen molar-refractivity contribution in [3.05, 3.63) is 59.7 Å². The normalized spacial score (nSPS) is 11.9. The zero-order valence-corrected chi connectivity index (χ0v) is 16.8. The van der Waals surface area contributed by atoms with E-state index in [0.29, 0.717) is 12.1 Å². The van der Waals surface area contributed by atoms with Crippen LogP contribution in [0.5, 0.6) is 0 Å². The molecule has 0 fully saturated rings. The molecule has 2 aromatic carbocycles. The lowest BCUT2D eigenvalue weighted by atomic mass is 10.2. The van der Waals surface area contributed by atoms with Gasteiger partial charge in [-0.1, -0.05) is 25.1 Å². The number of nitrogens with one attached hydrogen (secondary N) is 2. The third-order valence-corrected chi connectivity index (χ3v) is 5.34. The number of carbonyl (C=O) groups is 2. The van der Waals surface area contributed by atoms with Gasteiger partial charge < -0.3 is 10.1 Å².